The van der Waals surface area contributed by atoms with E-state index in [1.54, 1.807) is 0 Å². The number of aliphatic hydroxyl groups excluding tert-OH is 1. The first kappa shape index (κ1) is 25.0. The van der Waals surface area contributed by atoms with Gasteiger partial charge in [0, 0.05) is 6.61 Å². The zero-order valence-corrected chi connectivity index (χ0v) is 20.7. The number of hydrogen-bond acceptors (Lipinski definition) is 5. The molecule has 0 aliphatic heterocycles. The highest BCUT2D eigenvalue weighted by molar-refractivity contribution is 5.40. The van der Waals surface area contributed by atoms with Crippen molar-refractivity contribution in [1.29, 1.82) is 0 Å². The Morgan fingerprint density at radius 1 is 0.909 bits per heavy atom. The lowest BCUT2D eigenvalue weighted by atomic mass is 9.55. The quantitative estimate of drug-likeness (QED) is 0.414. The van der Waals surface area contributed by atoms with Gasteiger partial charge in [-0.3, -0.25) is 0 Å². The van der Waals surface area contributed by atoms with Crippen molar-refractivity contribution in [2.75, 3.05) is 46.2 Å². The smallest absolute Gasteiger partial charge is 0.119 e. The molecule has 2 fully saturated rings. The van der Waals surface area contributed by atoms with Crippen molar-refractivity contribution < 1.29 is 24.1 Å². The van der Waals surface area contributed by atoms with Crippen LogP contribution in [-0.4, -0.2) is 57.5 Å². The van der Waals surface area contributed by atoms with E-state index in [1.165, 1.54) is 30.4 Å². The molecule has 0 amide bonds. The average molecular weight is 461 g/mol. The number of benzene rings is 1. The van der Waals surface area contributed by atoms with Crippen molar-refractivity contribution in [3.05, 3.63) is 29.3 Å². The van der Waals surface area contributed by atoms with E-state index in [4.69, 9.17) is 18.9 Å². The Morgan fingerprint density at radius 3 is 2.39 bits per heavy atom. The summed E-state index contributed by atoms with van der Waals surface area (Å²) in [5, 5.41) is 10.6. The Hall–Kier alpha value is -1.14. The highest BCUT2D eigenvalue weighted by atomic mass is 16.6. The third-order valence-corrected chi connectivity index (χ3v) is 8.53. The Bertz CT molecular complexity index is 737. The number of hydrogen-bond donors (Lipinski definition) is 1. The van der Waals surface area contributed by atoms with Crippen LogP contribution in [0.15, 0.2) is 18.2 Å². The molecule has 0 aromatic heterocycles. The maximum Gasteiger partial charge on any atom is 0.119 e. The average Bonchev–Trinajstić information content (AvgIpc) is 3.14. The summed E-state index contributed by atoms with van der Waals surface area (Å²) in [6.07, 6.45) is 9.12. The van der Waals surface area contributed by atoms with Gasteiger partial charge in [-0.2, -0.15) is 0 Å². The van der Waals surface area contributed by atoms with Gasteiger partial charge in [-0.15, -0.1) is 0 Å². The highest BCUT2D eigenvalue weighted by Crippen LogP contribution is 2.60. The van der Waals surface area contributed by atoms with Crippen LogP contribution in [0.4, 0.5) is 0 Å². The lowest BCUT2D eigenvalue weighted by molar-refractivity contribution is -0.0226. The van der Waals surface area contributed by atoms with Crippen molar-refractivity contribution in [1.82, 2.24) is 0 Å². The number of rotatable bonds is 13. The highest BCUT2D eigenvalue weighted by Gasteiger charge is 2.54. The number of aliphatic hydroxyl groups is 1. The summed E-state index contributed by atoms with van der Waals surface area (Å²) in [7, 11) is 0. The van der Waals surface area contributed by atoms with Crippen LogP contribution in [0.3, 0.4) is 0 Å². The third-order valence-electron chi connectivity index (χ3n) is 8.53. The van der Waals surface area contributed by atoms with Crippen molar-refractivity contribution in [2.24, 2.45) is 17.3 Å². The van der Waals surface area contributed by atoms with E-state index in [1.807, 2.05) is 0 Å². The van der Waals surface area contributed by atoms with Crippen molar-refractivity contribution in [2.45, 2.75) is 77.2 Å². The van der Waals surface area contributed by atoms with Crippen LogP contribution >= 0.6 is 0 Å². The van der Waals surface area contributed by atoms with Crippen molar-refractivity contribution >= 4 is 0 Å². The summed E-state index contributed by atoms with van der Waals surface area (Å²) in [5.74, 6) is 3.03. The second kappa shape index (κ2) is 12.0. The Labute approximate surface area is 200 Å². The summed E-state index contributed by atoms with van der Waals surface area (Å²) in [4.78, 5) is 0. The fraction of sp³-hybridized carbons (Fsp3) is 0.786. The van der Waals surface area contributed by atoms with Gasteiger partial charge in [0.05, 0.1) is 39.1 Å². The van der Waals surface area contributed by atoms with Crippen LogP contribution < -0.4 is 4.74 Å². The van der Waals surface area contributed by atoms with E-state index >= 15 is 0 Å². The van der Waals surface area contributed by atoms with Gasteiger partial charge >= 0.3 is 0 Å². The standard InChI is InChI=1S/C28H44O5/c1-3-4-13-30-14-15-31-16-17-32-18-19-33-22-6-8-23-21(20-22)5-7-25-24(23)11-12-28(2)26(25)9-10-27(28)29/h6,8,20,24-27,29H,3-5,7,9-19H2,1-2H3/t24-,25-,26+,27+,28+/m1/s1. The topological polar surface area (TPSA) is 57.2 Å². The lowest BCUT2D eigenvalue weighted by Gasteiger charge is -2.50. The van der Waals surface area contributed by atoms with Gasteiger partial charge in [0.25, 0.3) is 0 Å². The normalized spacial score (nSPS) is 30.5. The van der Waals surface area contributed by atoms with Gasteiger partial charge in [-0.1, -0.05) is 26.3 Å². The molecule has 1 aromatic carbocycles. The van der Waals surface area contributed by atoms with E-state index in [0.29, 0.717) is 51.5 Å². The molecule has 0 radical (unpaired) electrons. The van der Waals surface area contributed by atoms with E-state index in [-0.39, 0.29) is 11.5 Å². The largest absolute Gasteiger partial charge is 0.491 e. The SMILES string of the molecule is CCCCOCCOCCOCCOc1ccc2c(c1)CC[C@@H]1[C@@H]2CC[C@]2(C)[C@@H](O)CC[C@@H]12. The molecule has 1 aromatic rings. The lowest BCUT2D eigenvalue weighted by Crippen LogP contribution is -2.43. The van der Waals surface area contributed by atoms with Gasteiger partial charge < -0.3 is 24.1 Å². The Kier molecular flexibility index (Phi) is 9.09. The molecule has 5 heteroatoms. The first-order valence-corrected chi connectivity index (χ1v) is 13.3. The number of unbranched alkanes of at least 4 members (excludes halogenated alkanes) is 1. The van der Waals surface area contributed by atoms with E-state index < -0.39 is 0 Å². The molecule has 0 bridgehead atoms. The fourth-order valence-corrected chi connectivity index (χ4v) is 6.63. The molecule has 0 unspecified atom stereocenters. The molecule has 4 rings (SSSR count). The summed E-state index contributed by atoms with van der Waals surface area (Å²) in [6, 6.07) is 6.71. The van der Waals surface area contributed by atoms with Gasteiger partial charge in [0.2, 0.25) is 0 Å². The van der Waals surface area contributed by atoms with Gasteiger partial charge in [0.1, 0.15) is 12.4 Å². The molecule has 5 nitrogen and oxygen atoms in total. The number of ether oxygens (including phenoxy) is 4. The molecule has 3 aliphatic carbocycles. The predicted molar refractivity (Wildman–Crippen MR) is 130 cm³/mol. The molecule has 1 N–H and O–H groups in total. The molecular formula is C28H44O5. The molecule has 2 saturated carbocycles. The Morgan fingerprint density at radius 2 is 1.64 bits per heavy atom. The summed E-state index contributed by atoms with van der Waals surface area (Å²) in [5.41, 5.74) is 3.15. The minimum Gasteiger partial charge on any atom is -0.491 e. The minimum atomic E-state index is -0.0982. The fourth-order valence-electron chi connectivity index (χ4n) is 6.63. The van der Waals surface area contributed by atoms with Crippen molar-refractivity contribution in [3.8, 4) is 5.75 Å². The first-order valence-electron chi connectivity index (χ1n) is 13.3. The van der Waals surface area contributed by atoms with Crippen molar-refractivity contribution in [3.63, 3.8) is 0 Å². The minimum absolute atomic E-state index is 0.0982. The monoisotopic (exact) mass is 460 g/mol. The van der Waals surface area contributed by atoms with Crippen LogP contribution in [-0.2, 0) is 20.6 Å². The molecule has 33 heavy (non-hydrogen) atoms. The van der Waals surface area contributed by atoms with Gasteiger partial charge in [-0.25, -0.2) is 0 Å². The second-order valence-corrected chi connectivity index (χ2v) is 10.5. The van der Waals surface area contributed by atoms with E-state index in [9.17, 15) is 5.11 Å². The van der Waals surface area contributed by atoms with Crippen LogP contribution in [0, 0.1) is 17.3 Å². The molecule has 0 heterocycles. The Balaban J connectivity index is 1.15. The van der Waals surface area contributed by atoms with Gasteiger partial charge in [-0.05, 0) is 91.4 Å². The molecule has 0 saturated heterocycles. The van der Waals surface area contributed by atoms with E-state index in [2.05, 4.69) is 32.0 Å². The molecule has 186 valence electrons. The van der Waals surface area contributed by atoms with Crippen LogP contribution in [0.5, 0.6) is 5.75 Å². The molecular weight excluding hydrogens is 416 g/mol. The zero-order valence-electron chi connectivity index (χ0n) is 20.7. The molecule has 0 spiro atoms. The third kappa shape index (κ3) is 5.93. The van der Waals surface area contributed by atoms with Gasteiger partial charge in [0.15, 0.2) is 0 Å². The van der Waals surface area contributed by atoms with Crippen LogP contribution in [0.1, 0.15) is 75.8 Å². The van der Waals surface area contributed by atoms with Crippen LogP contribution in [0.2, 0.25) is 0 Å². The summed E-state index contributed by atoms with van der Waals surface area (Å²) < 4.78 is 22.6. The number of fused-ring (bicyclic) bond motifs is 5. The predicted octanol–water partition coefficient (Wildman–Crippen LogP) is 5.13. The zero-order chi connectivity index (χ0) is 23.1. The number of aryl methyl sites for hydroxylation is 1. The summed E-state index contributed by atoms with van der Waals surface area (Å²) in [6.45, 7) is 8.91. The first-order chi connectivity index (χ1) is 16.1. The second-order valence-electron chi connectivity index (χ2n) is 10.5. The molecule has 5 atom stereocenters. The van der Waals surface area contributed by atoms with E-state index in [0.717, 1.165) is 50.4 Å². The van der Waals surface area contributed by atoms with Crippen LogP contribution in [0.25, 0.3) is 0 Å². The maximum absolute atomic E-state index is 10.6. The summed E-state index contributed by atoms with van der Waals surface area (Å²) >= 11 is 0. The maximum atomic E-state index is 10.6. The molecule has 3 aliphatic rings.